The van der Waals surface area contributed by atoms with Crippen molar-refractivity contribution in [3.8, 4) is 0 Å². The van der Waals surface area contributed by atoms with Gasteiger partial charge < -0.3 is 10.4 Å². The summed E-state index contributed by atoms with van der Waals surface area (Å²) in [5, 5.41) is 19.6. The van der Waals surface area contributed by atoms with Crippen LogP contribution in [0.1, 0.15) is 34.1 Å². The van der Waals surface area contributed by atoms with Crippen LogP contribution in [-0.4, -0.2) is 32.6 Å². The molecule has 0 spiro atoms. The van der Waals surface area contributed by atoms with Crippen LogP contribution in [0.25, 0.3) is 0 Å². The van der Waals surface area contributed by atoms with E-state index in [2.05, 4.69) is 39.9 Å². The molecule has 104 valence electrons. The lowest BCUT2D eigenvalue weighted by Crippen LogP contribution is -2.24. The average molecular weight is 272 g/mol. The fraction of sp³-hybridized carbons (Fsp3) is 0.357. The maximum atomic E-state index is 10.7. The molecule has 0 aliphatic heterocycles. The second-order valence-corrected chi connectivity index (χ2v) is 4.92. The molecule has 1 heterocycles. The Hall–Kier alpha value is -2.21. The number of hydrogen-bond acceptors (Lipinski definition) is 4. The molecule has 0 radical (unpaired) electrons. The van der Waals surface area contributed by atoms with Crippen molar-refractivity contribution in [3.05, 3.63) is 47.3 Å². The van der Waals surface area contributed by atoms with Crippen molar-refractivity contribution >= 4 is 5.97 Å². The molecule has 1 unspecified atom stereocenters. The zero-order valence-electron chi connectivity index (χ0n) is 11.0. The molecule has 6 heteroatoms. The molecule has 0 saturated heterocycles. The molecule has 20 heavy (non-hydrogen) atoms. The number of carboxylic acid groups (broad SMARTS) is 1. The largest absolute Gasteiger partial charge is 0.476 e. The molecule has 1 aliphatic rings. The van der Waals surface area contributed by atoms with Gasteiger partial charge >= 0.3 is 5.97 Å². The molecule has 1 aromatic heterocycles. The van der Waals surface area contributed by atoms with Crippen molar-refractivity contribution in [1.82, 2.24) is 20.3 Å². The van der Waals surface area contributed by atoms with Gasteiger partial charge in [-0.1, -0.05) is 29.5 Å². The smallest absolute Gasteiger partial charge is 0.358 e. The summed E-state index contributed by atoms with van der Waals surface area (Å²) in [6.45, 7) is 1.35. The van der Waals surface area contributed by atoms with Crippen LogP contribution in [0, 0.1) is 0 Å². The topological polar surface area (TPSA) is 80.0 Å². The molecular formula is C14H16N4O2. The highest BCUT2D eigenvalue weighted by molar-refractivity contribution is 5.84. The summed E-state index contributed by atoms with van der Waals surface area (Å²) in [5.41, 5.74) is 2.77. The predicted molar refractivity (Wildman–Crippen MR) is 72.5 cm³/mol. The Kier molecular flexibility index (Phi) is 3.47. The van der Waals surface area contributed by atoms with Gasteiger partial charge in [-0.2, -0.15) is 0 Å². The minimum Gasteiger partial charge on any atom is -0.476 e. The molecule has 6 nitrogen and oxygen atoms in total. The van der Waals surface area contributed by atoms with Crippen LogP contribution in [-0.2, 0) is 13.0 Å². The number of benzene rings is 1. The number of fused-ring (bicyclic) bond motifs is 1. The Morgan fingerprint density at radius 3 is 3.10 bits per heavy atom. The predicted octanol–water partition coefficient (Wildman–Crippen LogP) is 1.25. The van der Waals surface area contributed by atoms with Gasteiger partial charge in [0.05, 0.1) is 12.7 Å². The van der Waals surface area contributed by atoms with Crippen molar-refractivity contribution in [1.29, 1.82) is 0 Å². The first-order valence-corrected chi connectivity index (χ1v) is 6.68. The Labute approximate surface area is 116 Å². The summed E-state index contributed by atoms with van der Waals surface area (Å²) in [5.74, 6) is -1.05. The summed E-state index contributed by atoms with van der Waals surface area (Å²) in [7, 11) is 0. The molecule has 0 bridgehead atoms. The average Bonchev–Trinajstić information content (AvgIpc) is 3.06. The third kappa shape index (κ3) is 2.55. The maximum Gasteiger partial charge on any atom is 0.358 e. The van der Waals surface area contributed by atoms with E-state index in [0.29, 0.717) is 12.6 Å². The number of hydrogen-bond donors (Lipinski definition) is 2. The van der Waals surface area contributed by atoms with Gasteiger partial charge in [0.2, 0.25) is 0 Å². The lowest BCUT2D eigenvalue weighted by atomic mass is 10.1. The molecular weight excluding hydrogens is 256 g/mol. The van der Waals surface area contributed by atoms with E-state index in [1.807, 2.05) is 0 Å². The SMILES string of the molecule is O=C(O)c1cn(CCNC2CCc3ccccc32)nn1. The van der Waals surface area contributed by atoms with Crippen molar-refractivity contribution in [2.24, 2.45) is 0 Å². The molecule has 1 aromatic carbocycles. The van der Waals surface area contributed by atoms with Gasteiger partial charge in [0.1, 0.15) is 0 Å². The van der Waals surface area contributed by atoms with Gasteiger partial charge in [0.15, 0.2) is 5.69 Å². The number of nitrogens with one attached hydrogen (secondary N) is 1. The van der Waals surface area contributed by atoms with Crippen molar-refractivity contribution in [3.63, 3.8) is 0 Å². The molecule has 0 fully saturated rings. The van der Waals surface area contributed by atoms with Crippen LogP contribution < -0.4 is 5.32 Å². The second-order valence-electron chi connectivity index (χ2n) is 4.92. The first-order chi connectivity index (χ1) is 9.74. The van der Waals surface area contributed by atoms with Crippen molar-refractivity contribution in [2.75, 3.05) is 6.54 Å². The van der Waals surface area contributed by atoms with Gasteiger partial charge in [0, 0.05) is 12.6 Å². The molecule has 2 aromatic rings. The first kappa shape index (κ1) is 12.8. The molecule has 1 atom stereocenters. The van der Waals surface area contributed by atoms with E-state index in [4.69, 9.17) is 5.11 Å². The van der Waals surface area contributed by atoms with Gasteiger partial charge in [-0.15, -0.1) is 5.10 Å². The number of aryl methyl sites for hydroxylation is 1. The second kappa shape index (κ2) is 5.42. The quantitative estimate of drug-likeness (QED) is 0.856. The Morgan fingerprint density at radius 2 is 2.30 bits per heavy atom. The lowest BCUT2D eigenvalue weighted by Gasteiger charge is -2.13. The maximum absolute atomic E-state index is 10.7. The number of carbonyl (C=O) groups is 1. The number of rotatable bonds is 5. The standard InChI is InChI=1S/C14H16N4O2/c19-14(20)13-9-18(17-16-13)8-7-15-12-6-5-10-3-1-2-4-11(10)12/h1-4,9,12,15H,5-8H2,(H,19,20). The van der Waals surface area contributed by atoms with Crippen molar-refractivity contribution < 1.29 is 9.90 Å². The van der Waals surface area contributed by atoms with Gasteiger partial charge in [0.25, 0.3) is 0 Å². The summed E-state index contributed by atoms with van der Waals surface area (Å²) < 4.78 is 1.55. The summed E-state index contributed by atoms with van der Waals surface area (Å²) in [6, 6.07) is 8.86. The minimum absolute atomic E-state index is 0.0174. The Morgan fingerprint density at radius 1 is 1.45 bits per heavy atom. The highest BCUT2D eigenvalue weighted by Gasteiger charge is 2.20. The van der Waals surface area contributed by atoms with E-state index in [-0.39, 0.29) is 5.69 Å². The summed E-state index contributed by atoms with van der Waals surface area (Å²) in [6.07, 6.45) is 3.67. The van der Waals surface area contributed by atoms with Crippen LogP contribution in [0.4, 0.5) is 0 Å². The van der Waals surface area contributed by atoms with Crippen LogP contribution in [0.5, 0.6) is 0 Å². The highest BCUT2D eigenvalue weighted by Crippen LogP contribution is 2.30. The van der Waals surface area contributed by atoms with E-state index in [1.54, 1.807) is 4.68 Å². The molecule has 2 N–H and O–H groups in total. The van der Waals surface area contributed by atoms with Crippen LogP contribution in [0.15, 0.2) is 30.5 Å². The fourth-order valence-corrected chi connectivity index (χ4v) is 2.63. The molecule has 3 rings (SSSR count). The van der Waals surface area contributed by atoms with Crippen molar-refractivity contribution in [2.45, 2.75) is 25.4 Å². The van der Waals surface area contributed by atoms with Crippen LogP contribution in [0.2, 0.25) is 0 Å². The Bertz CT molecular complexity index is 623. The molecule has 1 aliphatic carbocycles. The highest BCUT2D eigenvalue weighted by atomic mass is 16.4. The van der Waals surface area contributed by atoms with E-state index in [0.717, 1.165) is 19.4 Å². The number of aromatic nitrogens is 3. The monoisotopic (exact) mass is 272 g/mol. The molecule has 0 saturated carbocycles. The minimum atomic E-state index is -1.05. The summed E-state index contributed by atoms with van der Waals surface area (Å²) >= 11 is 0. The van der Waals surface area contributed by atoms with E-state index in [9.17, 15) is 4.79 Å². The number of carboxylic acids is 1. The van der Waals surface area contributed by atoms with Crippen LogP contribution >= 0.6 is 0 Å². The summed E-state index contributed by atoms with van der Waals surface area (Å²) in [4.78, 5) is 10.7. The van der Waals surface area contributed by atoms with E-state index < -0.39 is 5.97 Å². The Balaban J connectivity index is 1.54. The zero-order valence-corrected chi connectivity index (χ0v) is 11.0. The lowest BCUT2D eigenvalue weighted by molar-refractivity contribution is 0.0690. The van der Waals surface area contributed by atoms with Gasteiger partial charge in [-0.3, -0.25) is 4.68 Å². The van der Waals surface area contributed by atoms with E-state index >= 15 is 0 Å². The number of nitrogens with zero attached hydrogens (tertiary/aromatic N) is 3. The third-order valence-electron chi connectivity index (χ3n) is 3.62. The molecule has 0 amide bonds. The van der Waals surface area contributed by atoms with Crippen LogP contribution in [0.3, 0.4) is 0 Å². The number of aromatic carboxylic acids is 1. The van der Waals surface area contributed by atoms with Gasteiger partial charge in [-0.05, 0) is 24.0 Å². The van der Waals surface area contributed by atoms with E-state index in [1.165, 1.54) is 17.3 Å². The normalized spacial score (nSPS) is 17.1. The zero-order chi connectivity index (χ0) is 13.9. The first-order valence-electron chi connectivity index (χ1n) is 6.68. The fourth-order valence-electron chi connectivity index (χ4n) is 2.63. The third-order valence-corrected chi connectivity index (χ3v) is 3.62. The van der Waals surface area contributed by atoms with Gasteiger partial charge in [-0.25, -0.2) is 4.79 Å².